The minimum atomic E-state index is -4.67. The number of hydrogen-bond donors (Lipinski definition) is 17. The van der Waals surface area contributed by atoms with Gasteiger partial charge in [0.2, 0.25) is 0 Å². The van der Waals surface area contributed by atoms with Gasteiger partial charge < -0.3 is 102 Å². The van der Waals surface area contributed by atoms with Gasteiger partial charge in [-0.1, -0.05) is 210 Å². The third-order valence-corrected chi connectivity index (χ3v) is 110. The van der Waals surface area contributed by atoms with Gasteiger partial charge in [0.25, 0.3) is 0 Å². The Morgan fingerprint density at radius 3 is 0.646 bits per heavy atom. The number of carbonyl (C=O) groups is 8. The molecule has 798 valence electrons. The normalized spacial score (nSPS) is 17.5. The Kier molecular flexibility index (Phi) is 58.4. The van der Waals surface area contributed by atoms with E-state index in [-0.39, 0.29) is 103 Å². The molecule has 0 atom stereocenters. The molecule has 3 aliphatic heterocycles. The van der Waals surface area contributed by atoms with Gasteiger partial charge in [-0.25, -0.2) is 38.4 Å². The number of nitrogens with two attached hydrogens (primary N) is 2. The van der Waals surface area contributed by atoms with Crippen LogP contribution in [0, 0.1) is 13.8 Å². The maximum Gasteiger partial charge on any atom is 0.407 e. The number of aromatic hydroxyl groups is 7. The van der Waals surface area contributed by atoms with Gasteiger partial charge in [0.05, 0.1) is 43.1 Å². The molecule has 53 heteroatoms. The Hall–Kier alpha value is -8.45. The number of rotatable bonds is 13. The summed E-state index contributed by atoms with van der Waals surface area (Å²) in [5.41, 5.74) is 10.4. The molecule has 0 spiro atoms. The molecule has 11 aromatic carbocycles. The van der Waals surface area contributed by atoms with Crippen molar-refractivity contribution in [3.63, 3.8) is 0 Å². The number of carboxylic acids is 3. The Balaban J connectivity index is 0.000000574. The molecule has 19 N–H and O–H groups in total. The van der Waals surface area contributed by atoms with E-state index in [1.165, 1.54) is 71.6 Å². The minimum Gasteiger partial charge on any atom is -0.508 e. The fraction of sp³-hybridized carbons (Fsp3) is 0.213. The monoisotopic (exact) mass is 2420 g/mol. The van der Waals surface area contributed by atoms with E-state index in [4.69, 9.17) is 161 Å². The predicted octanol–water partition coefficient (Wildman–Crippen LogP) is 22.7. The number of aromatic carboxylic acids is 3. The lowest BCUT2D eigenvalue weighted by Crippen LogP contribution is -2.30. The number of carboxylic acid groups (broad SMARTS) is 3. The first-order valence-electron chi connectivity index (χ1n) is 42.0. The van der Waals surface area contributed by atoms with Gasteiger partial charge in [0, 0.05) is 53.0 Å². The fourth-order valence-electron chi connectivity index (χ4n) is 10.2. The maximum atomic E-state index is 12.4. The van der Waals surface area contributed by atoms with Crippen LogP contribution in [-0.4, -0.2) is 174 Å². The summed E-state index contributed by atoms with van der Waals surface area (Å²) in [6.45, 7) is 20.1. The second kappa shape index (κ2) is 63.8. The van der Waals surface area contributed by atoms with Crippen LogP contribution in [0.4, 0.5) is 14.4 Å². The van der Waals surface area contributed by atoms with Crippen LogP contribution in [0.5, 0.6) is 51.7 Å². The van der Waals surface area contributed by atoms with Crippen molar-refractivity contribution in [1.82, 2.24) is 16.0 Å². The molecule has 3 amide bonds. The van der Waals surface area contributed by atoms with Gasteiger partial charge in [0.15, 0.2) is 0 Å². The largest absolute Gasteiger partial charge is 0.508 e. The number of nitrogens with one attached hydrogen (secondary N) is 3. The van der Waals surface area contributed by atoms with E-state index in [0.29, 0.717) is 22.6 Å². The standard InChI is InChI=1S/C20H16O3P2S4.C19H14O4P2S4.C12H10O2P2S4.C8H8O2.2C7H6O3.3C6H13NO2.CH2Cl2.2CH5N.H2O4S/c1-14-4-2-3-5-19(14)20(22)23-16-8-12-18(13-9-16)25(27)28-24(26,29-25)17-10-6-15(21)7-11-17;20-13-5-9-15(10-6-13)24(26)28-25(27,29-24)16-11-7-14(8-12-16)23-19(22)17-3-1-2-4-18(17)21;13-9-1-5-11(6-2-9)15(17)19-16(18,20-15)12-7-3-10(14)4-8-12;1-6-4-2-3-5-7(6)8(9)10;2*8-6-4-2-1-3-5(6)7(9)10;3*1-6(2,3)9-5(8)7-4;2-1-3;2*1-2;1-5(2,3)4/h2-13,21H,1H3;1-12,20-21H;1-8,13-14H;2-5H,1H3,(H,9,10);2*1-4,8H,(H,9,10);3*1-4H3,(H,7,8);1H2;2*2H2,1H3;(H2,1,2,3,4). The summed E-state index contributed by atoms with van der Waals surface area (Å²) in [7, 11) is 2.94. The molecular formula is C94H113Cl2N5O27P6S13. The van der Waals surface area contributed by atoms with Crippen LogP contribution in [0.2, 0.25) is 0 Å². The second-order valence-electron chi connectivity index (χ2n) is 31.2. The van der Waals surface area contributed by atoms with Crippen LogP contribution in [0.3, 0.4) is 0 Å². The van der Waals surface area contributed by atoms with Crippen LogP contribution in [0.25, 0.3) is 0 Å². The first-order valence-corrected chi connectivity index (χ1v) is 73.4. The van der Waals surface area contributed by atoms with Gasteiger partial charge in [-0.3, -0.25) is 9.11 Å². The topological polar surface area (TPSA) is 548 Å². The first kappa shape index (κ1) is 135. The molecule has 0 bridgehead atoms. The summed E-state index contributed by atoms with van der Waals surface area (Å²) in [5.74, 6) is -2.74. The third-order valence-electron chi connectivity index (χ3n) is 16.6. The predicted molar refractivity (Wildman–Crippen MR) is 629 cm³/mol. The average Bonchev–Trinajstić information content (AvgIpc) is 0.736. The molecular weight excluding hydrogens is 2300 g/mol. The van der Waals surface area contributed by atoms with Crippen LogP contribution in [-0.2, 0) is 95.5 Å². The van der Waals surface area contributed by atoms with E-state index >= 15 is 0 Å². The Labute approximate surface area is 917 Å². The minimum absolute atomic E-state index is 0.0671. The highest BCUT2D eigenvalue weighted by Crippen LogP contribution is 3.05. The average molecular weight is 2420 g/mol. The molecule has 147 heavy (non-hydrogen) atoms. The van der Waals surface area contributed by atoms with Crippen molar-refractivity contribution < 1.29 is 131 Å². The number of ether oxygens (including phenoxy) is 5. The van der Waals surface area contributed by atoms with E-state index in [2.05, 4.69) is 27.4 Å². The number of carbonyl (C=O) groups excluding carboxylic acids is 5. The van der Waals surface area contributed by atoms with Gasteiger partial charge in [0.1, 0.15) is 85.2 Å². The lowest BCUT2D eigenvalue weighted by atomic mass is 10.1. The number of para-hydroxylation sites is 3. The summed E-state index contributed by atoms with van der Waals surface area (Å²) in [5, 5.41) is 104. The van der Waals surface area contributed by atoms with Crippen LogP contribution >= 0.6 is 116 Å². The van der Waals surface area contributed by atoms with Crippen molar-refractivity contribution in [3.05, 3.63) is 306 Å². The van der Waals surface area contributed by atoms with E-state index in [1.807, 2.05) is 166 Å². The van der Waals surface area contributed by atoms with Gasteiger partial charge in [-0.15, -0.1) is 23.2 Å². The molecule has 32 nitrogen and oxygen atoms in total. The van der Waals surface area contributed by atoms with Gasteiger partial charge >= 0.3 is 58.5 Å². The summed E-state index contributed by atoms with van der Waals surface area (Å²) in [6.07, 6.45) is -1.16. The Morgan fingerprint density at radius 2 is 0.483 bits per heavy atom. The van der Waals surface area contributed by atoms with Crippen LogP contribution in [0.15, 0.2) is 267 Å². The Bertz CT molecular complexity index is 6150. The van der Waals surface area contributed by atoms with Crippen molar-refractivity contribution in [2.24, 2.45) is 11.5 Å². The molecule has 3 heterocycles. The molecule has 0 saturated carbocycles. The lowest BCUT2D eigenvalue weighted by Gasteiger charge is -2.40. The van der Waals surface area contributed by atoms with Crippen molar-refractivity contribution in [1.29, 1.82) is 0 Å². The summed E-state index contributed by atoms with van der Waals surface area (Å²) in [6, 6.07) is 75.2. The van der Waals surface area contributed by atoms with E-state index in [1.54, 1.807) is 206 Å². The van der Waals surface area contributed by atoms with Gasteiger partial charge in [-0.2, -0.15) is 8.42 Å². The highest BCUT2D eigenvalue weighted by atomic mass is 35.5. The zero-order valence-corrected chi connectivity index (χ0v) is 99.0. The zero-order chi connectivity index (χ0) is 112. The van der Waals surface area contributed by atoms with E-state index in [0.717, 1.165) is 43.0 Å². The maximum absolute atomic E-state index is 12.4. The smallest absolute Gasteiger partial charge is 0.407 e. The molecule has 14 rings (SSSR count). The van der Waals surface area contributed by atoms with Gasteiger partial charge in [-0.05, 0) is 296 Å². The van der Waals surface area contributed by atoms with Crippen molar-refractivity contribution in [2.45, 2.75) is 93.0 Å². The molecule has 3 aliphatic rings. The zero-order valence-electron chi connectivity index (χ0n) is 81.5. The number of esters is 2. The van der Waals surface area contributed by atoms with Crippen molar-refractivity contribution in [2.75, 3.05) is 40.6 Å². The number of benzene rings is 11. The molecule has 3 saturated heterocycles. The van der Waals surface area contributed by atoms with Crippen LogP contribution in [0.1, 0.15) is 125 Å². The highest BCUT2D eigenvalue weighted by molar-refractivity contribution is 9.49. The quantitative estimate of drug-likeness (QED) is 0.0127. The first-order chi connectivity index (χ1) is 68.4. The van der Waals surface area contributed by atoms with Crippen LogP contribution < -0.4 is 68.7 Å². The number of alkyl carbamates (subject to hydrolysis) is 3. The second-order valence-corrected chi connectivity index (χ2v) is 96.8. The lowest BCUT2D eigenvalue weighted by molar-refractivity contribution is 0.0530. The number of phenolic OH excluding ortho intramolecular Hbond substituents is 5. The van der Waals surface area contributed by atoms with Crippen molar-refractivity contribution in [3.8, 4) is 51.7 Å². The molecule has 0 unspecified atom stereocenters. The van der Waals surface area contributed by atoms with E-state index in [9.17, 15) is 63.9 Å². The highest BCUT2D eigenvalue weighted by Gasteiger charge is 2.48. The molecule has 11 aromatic rings. The molecule has 0 aliphatic carbocycles. The third kappa shape index (κ3) is 48.8. The summed E-state index contributed by atoms with van der Waals surface area (Å²) < 4.78 is 46.1. The van der Waals surface area contributed by atoms with Crippen molar-refractivity contribution >= 4 is 277 Å². The molecule has 0 aromatic heterocycles. The summed E-state index contributed by atoms with van der Waals surface area (Å²) in [4.78, 5) is 87.0. The number of halogens is 2. The summed E-state index contributed by atoms with van der Waals surface area (Å²) >= 11 is 55.1. The number of hydrogen-bond acceptors (Lipinski definition) is 36. The van der Waals surface area contributed by atoms with E-state index < -0.39 is 60.9 Å². The fourth-order valence-corrected chi connectivity index (χ4v) is 137. The molecule has 0 radical (unpaired) electrons. The number of amides is 3. The Morgan fingerprint density at radius 1 is 0.313 bits per heavy atom. The number of alkyl halides is 2. The molecule has 3 fully saturated rings. The number of phenols is 7. The number of aryl methyl sites for hydroxylation is 2. The SMILES string of the molecule is CN.CN.CNC(=O)OC(C)(C)C.CNC(=O)OC(C)(C)C.CNC(=O)OC(C)(C)C.Cc1ccccc1C(=O)O.Cc1ccccc1C(=O)Oc1ccc(P2(=S)SP(=S)(c3ccc(O)cc3)S2)cc1.ClCCl.O=C(O)c1ccccc1O.O=C(O)c1ccccc1O.O=C(Oc1ccc(P2(=S)SP(=S)(c3ccc(O)cc3)S2)cc1)c1ccccc1O.O=S(=O)(O)O.Oc1ccc(P2(=S)SP(=S)(c3ccc(O)cc3)S2)cc1.